The standard InChI is InChI=1S/C23H25N5O4S2/c1-5-10-28-14(2)27-34(30,31)21-12-16(6-8-19(21)28)22(29)25-17-11-15(7-9-20(17)32-4)18-13-33-23(24-3)26-18/h6-9,11-13H,5,10H2,1-4H3,(H,24,26)(H,25,29). The molecule has 0 saturated heterocycles. The molecule has 1 amide bonds. The van der Waals surface area contributed by atoms with E-state index in [4.69, 9.17) is 4.74 Å². The monoisotopic (exact) mass is 499 g/mol. The van der Waals surface area contributed by atoms with Gasteiger partial charge in [-0.25, -0.2) is 4.98 Å². The first kappa shape index (κ1) is 23.7. The molecule has 2 heterocycles. The Morgan fingerprint density at radius 1 is 1.21 bits per heavy atom. The van der Waals surface area contributed by atoms with Crippen molar-refractivity contribution in [3.63, 3.8) is 0 Å². The number of amides is 1. The summed E-state index contributed by atoms with van der Waals surface area (Å²) in [7, 11) is -0.583. The number of methoxy groups -OCH3 is 1. The van der Waals surface area contributed by atoms with Gasteiger partial charge in [0.15, 0.2) is 5.13 Å². The normalized spacial score (nSPS) is 14.2. The summed E-state index contributed by atoms with van der Waals surface area (Å²) in [6.07, 6.45) is 0.819. The Balaban J connectivity index is 1.67. The number of ether oxygens (including phenoxy) is 1. The zero-order valence-corrected chi connectivity index (χ0v) is 20.9. The molecule has 0 saturated carbocycles. The van der Waals surface area contributed by atoms with Crippen molar-refractivity contribution in [1.82, 2.24) is 4.98 Å². The van der Waals surface area contributed by atoms with Gasteiger partial charge in [-0.15, -0.1) is 15.7 Å². The number of nitrogens with one attached hydrogen (secondary N) is 2. The number of nitrogens with zero attached hydrogens (tertiary/aromatic N) is 3. The summed E-state index contributed by atoms with van der Waals surface area (Å²) in [5.74, 6) is 0.425. The van der Waals surface area contributed by atoms with Crippen molar-refractivity contribution in [1.29, 1.82) is 0 Å². The first-order valence-corrected chi connectivity index (χ1v) is 13.0. The maximum absolute atomic E-state index is 13.1. The van der Waals surface area contributed by atoms with Gasteiger partial charge in [0, 0.05) is 30.1 Å². The van der Waals surface area contributed by atoms with E-state index >= 15 is 0 Å². The molecule has 0 fully saturated rings. The molecule has 11 heteroatoms. The fourth-order valence-corrected chi connectivity index (χ4v) is 5.66. The van der Waals surface area contributed by atoms with E-state index < -0.39 is 15.9 Å². The number of thiazole rings is 1. The molecule has 0 spiro atoms. The lowest BCUT2D eigenvalue weighted by atomic mass is 10.1. The van der Waals surface area contributed by atoms with Gasteiger partial charge in [0.05, 0.1) is 24.2 Å². The quantitative estimate of drug-likeness (QED) is 0.494. The van der Waals surface area contributed by atoms with E-state index in [0.717, 1.165) is 22.8 Å². The molecule has 4 rings (SSSR count). The molecular weight excluding hydrogens is 474 g/mol. The zero-order chi connectivity index (χ0) is 24.5. The molecule has 0 unspecified atom stereocenters. The van der Waals surface area contributed by atoms with Crippen LogP contribution >= 0.6 is 11.3 Å². The van der Waals surface area contributed by atoms with Crippen LogP contribution in [0.25, 0.3) is 11.3 Å². The second-order valence-electron chi connectivity index (χ2n) is 7.60. The number of amidine groups is 1. The molecule has 0 atom stereocenters. The summed E-state index contributed by atoms with van der Waals surface area (Å²) in [6, 6.07) is 10.0. The van der Waals surface area contributed by atoms with E-state index in [2.05, 4.69) is 20.0 Å². The van der Waals surface area contributed by atoms with Gasteiger partial charge in [0.25, 0.3) is 15.9 Å². The highest BCUT2D eigenvalue weighted by Gasteiger charge is 2.29. The summed E-state index contributed by atoms with van der Waals surface area (Å²) < 4.78 is 34.7. The van der Waals surface area contributed by atoms with Gasteiger partial charge in [0.2, 0.25) is 0 Å². The van der Waals surface area contributed by atoms with Crippen LogP contribution in [0.2, 0.25) is 0 Å². The Morgan fingerprint density at radius 3 is 2.68 bits per heavy atom. The summed E-state index contributed by atoms with van der Waals surface area (Å²) in [6.45, 7) is 4.29. The van der Waals surface area contributed by atoms with Crippen LogP contribution in [0.5, 0.6) is 5.75 Å². The summed E-state index contributed by atoms with van der Waals surface area (Å²) in [5, 5.41) is 8.54. The fraction of sp³-hybridized carbons (Fsp3) is 0.261. The number of carbonyl (C=O) groups is 1. The Bertz CT molecular complexity index is 1380. The highest BCUT2D eigenvalue weighted by Crippen LogP contribution is 2.35. The third-order valence-electron chi connectivity index (χ3n) is 5.34. The van der Waals surface area contributed by atoms with Crippen LogP contribution in [0.15, 0.2) is 51.1 Å². The van der Waals surface area contributed by atoms with Crippen LogP contribution in [-0.2, 0) is 10.0 Å². The maximum atomic E-state index is 13.1. The van der Waals surface area contributed by atoms with Crippen molar-refractivity contribution in [2.24, 2.45) is 4.40 Å². The van der Waals surface area contributed by atoms with E-state index in [1.807, 2.05) is 23.3 Å². The summed E-state index contributed by atoms with van der Waals surface area (Å²) in [5.41, 5.74) is 2.74. The minimum absolute atomic E-state index is 0.0157. The third-order valence-corrected chi connectivity index (χ3v) is 7.59. The van der Waals surface area contributed by atoms with Crippen molar-refractivity contribution < 1.29 is 17.9 Å². The van der Waals surface area contributed by atoms with Gasteiger partial charge in [-0.3, -0.25) is 4.79 Å². The minimum Gasteiger partial charge on any atom is -0.495 e. The van der Waals surface area contributed by atoms with E-state index in [1.54, 1.807) is 38.2 Å². The lowest BCUT2D eigenvalue weighted by Gasteiger charge is -2.29. The van der Waals surface area contributed by atoms with Crippen LogP contribution in [0, 0.1) is 0 Å². The van der Waals surface area contributed by atoms with Crippen molar-refractivity contribution in [3.8, 4) is 17.0 Å². The van der Waals surface area contributed by atoms with Crippen LogP contribution < -0.4 is 20.3 Å². The Labute approximate surface area is 202 Å². The number of hydrogen-bond donors (Lipinski definition) is 2. The SMILES string of the molecule is CCCN1C(C)=NS(=O)(=O)c2cc(C(=O)Nc3cc(-c4csc(NC)n4)ccc3OC)ccc21. The topological polar surface area (TPSA) is 113 Å². The van der Waals surface area contributed by atoms with E-state index in [1.165, 1.54) is 24.5 Å². The van der Waals surface area contributed by atoms with Gasteiger partial charge in [-0.1, -0.05) is 6.92 Å². The Kier molecular flexibility index (Phi) is 6.58. The van der Waals surface area contributed by atoms with Gasteiger partial charge < -0.3 is 20.3 Å². The van der Waals surface area contributed by atoms with Gasteiger partial charge >= 0.3 is 0 Å². The number of sulfonamides is 1. The number of carbonyl (C=O) groups excluding carboxylic acids is 1. The number of benzene rings is 2. The molecule has 0 radical (unpaired) electrons. The third kappa shape index (κ3) is 4.48. The fourth-order valence-electron chi connectivity index (χ4n) is 3.72. The number of hydrogen-bond acceptors (Lipinski definition) is 8. The lowest BCUT2D eigenvalue weighted by molar-refractivity contribution is 0.102. The molecule has 2 aromatic carbocycles. The smallest absolute Gasteiger partial charge is 0.286 e. The van der Waals surface area contributed by atoms with Crippen molar-refractivity contribution in [3.05, 3.63) is 47.3 Å². The molecule has 1 aliphatic rings. The van der Waals surface area contributed by atoms with Crippen molar-refractivity contribution >= 4 is 49.6 Å². The zero-order valence-electron chi connectivity index (χ0n) is 19.2. The summed E-state index contributed by atoms with van der Waals surface area (Å²) in [4.78, 5) is 19.5. The Morgan fingerprint density at radius 2 is 2.00 bits per heavy atom. The average molecular weight is 500 g/mol. The van der Waals surface area contributed by atoms with E-state index in [9.17, 15) is 13.2 Å². The second-order valence-corrected chi connectivity index (χ2v) is 10.0. The number of anilines is 3. The maximum Gasteiger partial charge on any atom is 0.286 e. The van der Waals surface area contributed by atoms with Crippen LogP contribution in [0.3, 0.4) is 0 Å². The average Bonchev–Trinajstić information content (AvgIpc) is 3.30. The number of aromatic nitrogens is 1. The highest BCUT2D eigenvalue weighted by molar-refractivity contribution is 7.90. The first-order chi connectivity index (χ1) is 16.3. The largest absolute Gasteiger partial charge is 0.495 e. The molecule has 2 N–H and O–H groups in total. The molecule has 1 aliphatic heterocycles. The number of fused-ring (bicyclic) bond motifs is 1. The van der Waals surface area contributed by atoms with Crippen LogP contribution in [0.4, 0.5) is 16.5 Å². The molecule has 34 heavy (non-hydrogen) atoms. The lowest BCUT2D eigenvalue weighted by Crippen LogP contribution is -2.34. The highest BCUT2D eigenvalue weighted by atomic mass is 32.2. The van der Waals surface area contributed by atoms with Gasteiger partial charge in [-0.05, 0) is 49.7 Å². The Hall–Kier alpha value is -3.44. The predicted molar refractivity (Wildman–Crippen MR) is 136 cm³/mol. The van der Waals surface area contributed by atoms with Crippen molar-refractivity contribution in [2.75, 3.05) is 36.2 Å². The van der Waals surface area contributed by atoms with E-state index in [0.29, 0.717) is 29.5 Å². The molecule has 178 valence electrons. The van der Waals surface area contributed by atoms with Crippen LogP contribution in [0.1, 0.15) is 30.6 Å². The second kappa shape index (κ2) is 9.43. The first-order valence-electron chi connectivity index (χ1n) is 10.6. The molecular formula is C23H25N5O4S2. The molecule has 0 aliphatic carbocycles. The molecule has 9 nitrogen and oxygen atoms in total. The van der Waals surface area contributed by atoms with Gasteiger partial charge in [0.1, 0.15) is 16.5 Å². The minimum atomic E-state index is -3.90. The van der Waals surface area contributed by atoms with E-state index in [-0.39, 0.29) is 10.5 Å². The molecule has 1 aromatic heterocycles. The predicted octanol–water partition coefficient (Wildman–Crippen LogP) is 4.45. The van der Waals surface area contributed by atoms with Crippen LogP contribution in [-0.4, -0.2) is 45.8 Å². The molecule has 0 bridgehead atoms. The van der Waals surface area contributed by atoms with Crippen molar-refractivity contribution in [2.45, 2.75) is 25.2 Å². The van der Waals surface area contributed by atoms with Gasteiger partial charge in [-0.2, -0.15) is 8.42 Å². The molecule has 3 aromatic rings. The summed E-state index contributed by atoms with van der Waals surface area (Å²) >= 11 is 1.48. The number of rotatable bonds is 7.